The highest BCUT2D eigenvalue weighted by Gasteiger charge is 2.45. The van der Waals surface area contributed by atoms with Crippen molar-refractivity contribution in [3.05, 3.63) is 107 Å². The number of likely N-dealkylation sites (tertiary alicyclic amines) is 1. The fraction of sp³-hybridized carbons (Fsp3) is 0.396. The molecule has 3 aromatic carbocycles. The number of piperidine rings is 2. The minimum absolute atomic E-state index is 0.0966. The zero-order valence-electron chi connectivity index (χ0n) is 35.7. The van der Waals surface area contributed by atoms with Crippen LogP contribution >= 0.6 is 11.6 Å². The highest BCUT2D eigenvalue weighted by atomic mass is 35.5. The van der Waals surface area contributed by atoms with E-state index in [1.807, 2.05) is 36.4 Å². The zero-order valence-corrected chi connectivity index (χ0v) is 36.4. The number of aromatic amines is 1. The van der Waals surface area contributed by atoms with Gasteiger partial charge in [0.05, 0.1) is 27.1 Å². The van der Waals surface area contributed by atoms with Crippen LogP contribution in [0.5, 0.6) is 11.5 Å². The van der Waals surface area contributed by atoms with E-state index >= 15 is 0 Å². The van der Waals surface area contributed by atoms with Crippen molar-refractivity contribution in [2.24, 2.45) is 0 Å². The predicted molar refractivity (Wildman–Crippen MR) is 243 cm³/mol. The number of halogens is 1. The summed E-state index contributed by atoms with van der Waals surface area (Å²) in [6, 6.07) is 19.1. The number of anilines is 2. The van der Waals surface area contributed by atoms with Gasteiger partial charge in [-0.2, -0.15) is 0 Å². The van der Waals surface area contributed by atoms with Gasteiger partial charge in [0.15, 0.2) is 5.78 Å². The number of carbonyl (C=O) groups excluding carboxylic acids is 5. The van der Waals surface area contributed by atoms with Crippen LogP contribution in [0, 0.1) is 0 Å². The fourth-order valence-corrected chi connectivity index (χ4v) is 9.68. The normalized spacial score (nSPS) is 19.6. The number of ketones is 1. The van der Waals surface area contributed by atoms with E-state index < -0.39 is 23.8 Å². The second kappa shape index (κ2) is 19.3. The average Bonchev–Trinajstić information content (AvgIpc) is 3.85. The Morgan fingerprint density at radius 3 is 2.33 bits per heavy atom. The van der Waals surface area contributed by atoms with Gasteiger partial charge < -0.3 is 24.8 Å². The Morgan fingerprint density at radius 2 is 1.55 bits per heavy atom. The highest BCUT2D eigenvalue weighted by Crippen LogP contribution is 2.33. The Balaban J connectivity index is 0.692. The molecular weight excluding hydrogens is 834 g/mol. The first-order valence-electron chi connectivity index (χ1n) is 22.4. The van der Waals surface area contributed by atoms with Crippen LogP contribution in [0.2, 0.25) is 5.02 Å². The molecule has 2 aromatic heterocycles. The molecule has 3 fully saturated rings. The molecule has 332 valence electrons. The molecule has 9 rings (SSSR count). The summed E-state index contributed by atoms with van der Waals surface area (Å²) in [6.45, 7) is 7.57. The van der Waals surface area contributed by atoms with Crippen molar-refractivity contribution < 1.29 is 28.7 Å². The molecule has 0 spiro atoms. The third-order valence-corrected chi connectivity index (χ3v) is 13.1. The van der Waals surface area contributed by atoms with E-state index in [4.69, 9.17) is 16.3 Å². The summed E-state index contributed by atoms with van der Waals surface area (Å²) in [5.41, 5.74) is 2.94. The van der Waals surface area contributed by atoms with Gasteiger partial charge in [-0.3, -0.25) is 39.1 Å². The molecule has 64 heavy (non-hydrogen) atoms. The lowest BCUT2D eigenvalue weighted by Crippen LogP contribution is -2.54. The van der Waals surface area contributed by atoms with E-state index in [0.717, 1.165) is 88.6 Å². The average molecular weight is 886 g/mol. The van der Waals surface area contributed by atoms with Crippen LogP contribution in [-0.2, 0) is 9.59 Å². The van der Waals surface area contributed by atoms with E-state index in [0.29, 0.717) is 55.6 Å². The number of benzene rings is 3. The number of carbonyl (C=O) groups is 5. The number of H-pyrrole nitrogens is 1. The van der Waals surface area contributed by atoms with Crippen molar-refractivity contribution in [1.82, 2.24) is 35.0 Å². The van der Waals surface area contributed by atoms with E-state index in [2.05, 4.69) is 40.3 Å². The smallest absolute Gasteiger partial charge is 0.262 e. The molecule has 3 N–H and O–H groups in total. The van der Waals surface area contributed by atoms with Crippen molar-refractivity contribution in [3.63, 3.8) is 0 Å². The number of hydrogen-bond donors (Lipinski definition) is 3. The minimum Gasteiger partial charge on any atom is -0.457 e. The molecule has 1 unspecified atom stereocenters. The van der Waals surface area contributed by atoms with Crippen LogP contribution in [0.3, 0.4) is 0 Å². The first-order valence-corrected chi connectivity index (χ1v) is 22.8. The first-order chi connectivity index (χ1) is 31.2. The zero-order chi connectivity index (χ0) is 44.2. The van der Waals surface area contributed by atoms with Crippen LogP contribution in [0.15, 0.2) is 79.3 Å². The summed E-state index contributed by atoms with van der Waals surface area (Å²) in [7, 11) is 0. The van der Waals surface area contributed by atoms with Crippen LogP contribution in [0.25, 0.3) is 11.0 Å². The molecule has 5 aromatic rings. The van der Waals surface area contributed by atoms with Gasteiger partial charge in [0.2, 0.25) is 11.8 Å². The number of fused-ring (bicyclic) bond motifs is 2. The number of piperazine rings is 1. The SMILES string of the molecule is O=C1CCC(N2C(=O)c3ccc(N4CCN(CCCCCCCN5CCC[C@@H](Nc6ncnc7[nH]cc(C(=O)c8ccc(Oc9ccccc9)cc8Cl)c67)C5)CC4)cc3C2=O)C(=O)N1. The number of hydrogen-bond acceptors (Lipinski definition) is 12. The second-order valence-electron chi connectivity index (χ2n) is 17.1. The van der Waals surface area contributed by atoms with E-state index in [-0.39, 0.29) is 30.6 Å². The quantitative estimate of drug-likeness (QED) is 0.0546. The number of imide groups is 2. The number of nitrogens with one attached hydrogen (secondary N) is 3. The second-order valence-corrected chi connectivity index (χ2v) is 17.5. The lowest BCUT2D eigenvalue weighted by atomic mass is 10.0. The Hall–Kier alpha value is -6.16. The summed E-state index contributed by atoms with van der Waals surface area (Å²) in [5.74, 6) is -0.302. The molecule has 3 saturated heterocycles. The van der Waals surface area contributed by atoms with Gasteiger partial charge in [-0.1, -0.05) is 49.1 Å². The standard InChI is InChI=1S/C48H52ClN9O6/c49-39-27-34(64-33-11-5-4-6-12-33)14-16-36(39)43(60)38-28-50-44-42(38)45(52-30-51-44)53-31-10-9-21-56(29-31)20-8-3-1-2-7-19-55-22-24-57(25-23-55)32-13-15-35-37(26-32)48(63)58(47(35)62)40-17-18-41(59)54-46(40)61/h4-6,11-16,26-28,30-31,40H,1-3,7-10,17-25,29H2,(H,54,59,61)(H2,50,51,52,53)/t31-,40?/m1/s1. The Labute approximate surface area is 376 Å². The van der Waals surface area contributed by atoms with Gasteiger partial charge in [0.1, 0.15) is 35.3 Å². The van der Waals surface area contributed by atoms with Crippen molar-refractivity contribution in [2.45, 2.75) is 69.9 Å². The predicted octanol–water partition coefficient (Wildman–Crippen LogP) is 6.68. The molecule has 0 saturated carbocycles. The van der Waals surface area contributed by atoms with Gasteiger partial charge in [0, 0.05) is 68.7 Å². The number of unbranched alkanes of at least 4 members (excludes halogenated alkanes) is 4. The summed E-state index contributed by atoms with van der Waals surface area (Å²) >= 11 is 6.65. The maximum Gasteiger partial charge on any atom is 0.262 e. The topological polar surface area (TPSA) is 173 Å². The third kappa shape index (κ3) is 9.37. The number of amides is 4. The van der Waals surface area contributed by atoms with Gasteiger partial charge in [-0.05, 0) is 94.2 Å². The van der Waals surface area contributed by atoms with Crippen molar-refractivity contribution in [2.75, 3.05) is 62.6 Å². The molecule has 0 radical (unpaired) electrons. The number of ether oxygens (including phenoxy) is 1. The Kier molecular flexibility index (Phi) is 13.0. The number of aromatic nitrogens is 3. The maximum atomic E-state index is 13.9. The largest absolute Gasteiger partial charge is 0.457 e. The molecular formula is C48H52ClN9O6. The summed E-state index contributed by atoms with van der Waals surface area (Å²) in [5, 5.41) is 6.86. The molecule has 15 nitrogen and oxygen atoms in total. The van der Waals surface area contributed by atoms with Crippen LogP contribution in [-0.4, -0.2) is 124 Å². The highest BCUT2D eigenvalue weighted by molar-refractivity contribution is 6.36. The van der Waals surface area contributed by atoms with Crippen LogP contribution in [0.4, 0.5) is 11.5 Å². The van der Waals surface area contributed by atoms with Gasteiger partial charge in [0.25, 0.3) is 11.8 Å². The molecule has 0 aliphatic carbocycles. The number of para-hydroxylation sites is 1. The first kappa shape index (κ1) is 43.1. The van der Waals surface area contributed by atoms with Crippen LogP contribution in [0.1, 0.15) is 94.4 Å². The third-order valence-electron chi connectivity index (χ3n) is 12.8. The maximum absolute atomic E-state index is 13.9. The monoisotopic (exact) mass is 885 g/mol. The molecule has 2 atom stereocenters. The molecule has 6 heterocycles. The Morgan fingerprint density at radius 1 is 0.781 bits per heavy atom. The van der Waals surface area contributed by atoms with E-state index in [1.165, 1.54) is 25.6 Å². The molecule has 4 aliphatic rings. The Bertz CT molecular complexity index is 2560. The lowest BCUT2D eigenvalue weighted by molar-refractivity contribution is -0.136. The fourth-order valence-electron chi connectivity index (χ4n) is 9.42. The van der Waals surface area contributed by atoms with Gasteiger partial charge in [-0.15, -0.1) is 0 Å². The number of nitrogens with zero attached hydrogens (tertiary/aromatic N) is 6. The molecule has 16 heteroatoms. The van der Waals surface area contributed by atoms with Crippen molar-refractivity contribution in [1.29, 1.82) is 0 Å². The van der Waals surface area contributed by atoms with Crippen molar-refractivity contribution >= 4 is 63.6 Å². The summed E-state index contributed by atoms with van der Waals surface area (Å²) in [6.07, 6.45) is 11.4. The molecule has 4 aliphatic heterocycles. The minimum atomic E-state index is -0.966. The number of rotatable bonds is 16. The van der Waals surface area contributed by atoms with Gasteiger partial charge in [-0.25, -0.2) is 9.97 Å². The summed E-state index contributed by atoms with van der Waals surface area (Å²) < 4.78 is 5.91. The van der Waals surface area contributed by atoms with Crippen molar-refractivity contribution in [3.8, 4) is 11.5 Å². The van der Waals surface area contributed by atoms with E-state index in [1.54, 1.807) is 36.5 Å². The molecule has 0 bridgehead atoms. The summed E-state index contributed by atoms with van der Waals surface area (Å²) in [4.78, 5) is 84.8. The lowest BCUT2D eigenvalue weighted by Gasteiger charge is -2.36. The van der Waals surface area contributed by atoms with E-state index in [9.17, 15) is 24.0 Å². The molecule has 4 amide bonds. The van der Waals surface area contributed by atoms with Gasteiger partial charge >= 0.3 is 0 Å². The van der Waals surface area contributed by atoms with Crippen LogP contribution < -0.4 is 20.3 Å².